The molecule has 0 unspecified atom stereocenters. The van der Waals surface area contributed by atoms with Crippen LogP contribution in [-0.2, 0) is 23.0 Å². The molecule has 0 bridgehead atoms. The van der Waals surface area contributed by atoms with Gasteiger partial charge in [0.15, 0.2) is 0 Å². The maximum atomic E-state index is 12.3. The van der Waals surface area contributed by atoms with Crippen molar-refractivity contribution in [2.75, 3.05) is 13.2 Å². The maximum Gasteiger partial charge on any atom is 0.226 e. The van der Waals surface area contributed by atoms with Gasteiger partial charge in [-0.05, 0) is 35.2 Å². The molecular formula is C15H19N3O2S. The zero-order chi connectivity index (χ0) is 14.7. The van der Waals surface area contributed by atoms with Crippen molar-refractivity contribution in [2.45, 2.75) is 18.9 Å². The number of nitrogens with one attached hydrogen (secondary N) is 1. The number of amides is 1. The van der Waals surface area contributed by atoms with Crippen LogP contribution < -0.4 is 5.32 Å². The average Bonchev–Trinajstić information content (AvgIpc) is 3.18. The highest BCUT2D eigenvalue weighted by atomic mass is 32.1. The largest absolute Gasteiger partial charge is 0.373 e. The van der Waals surface area contributed by atoms with Crippen LogP contribution in [0.2, 0.25) is 0 Å². The van der Waals surface area contributed by atoms with Gasteiger partial charge < -0.3 is 10.1 Å². The fraction of sp³-hybridized carbons (Fsp3) is 0.467. The first-order chi connectivity index (χ1) is 10.2. The number of carbonyl (C=O) groups excluding carboxylic acids is 1. The maximum absolute atomic E-state index is 12.3. The van der Waals surface area contributed by atoms with E-state index >= 15 is 0 Å². The molecule has 0 saturated carbocycles. The van der Waals surface area contributed by atoms with Crippen LogP contribution in [0.4, 0.5) is 0 Å². The van der Waals surface area contributed by atoms with Crippen LogP contribution in [0.1, 0.15) is 23.7 Å². The summed E-state index contributed by atoms with van der Waals surface area (Å²) in [7, 11) is 1.87. The third-order valence-electron chi connectivity index (χ3n) is 3.77. The van der Waals surface area contributed by atoms with E-state index in [9.17, 15) is 4.79 Å². The van der Waals surface area contributed by atoms with Gasteiger partial charge in [-0.2, -0.15) is 16.4 Å². The van der Waals surface area contributed by atoms with Crippen LogP contribution in [0.5, 0.6) is 0 Å². The highest BCUT2D eigenvalue weighted by Gasteiger charge is 2.35. The van der Waals surface area contributed by atoms with Gasteiger partial charge in [-0.1, -0.05) is 0 Å². The minimum atomic E-state index is -0.167. The fourth-order valence-corrected chi connectivity index (χ4v) is 3.37. The monoisotopic (exact) mass is 305 g/mol. The highest BCUT2D eigenvalue weighted by molar-refractivity contribution is 7.07. The number of ether oxygens (including phenoxy) is 1. The fourth-order valence-electron chi connectivity index (χ4n) is 2.67. The third-order valence-corrected chi connectivity index (χ3v) is 4.51. The van der Waals surface area contributed by atoms with Crippen LogP contribution in [0.25, 0.3) is 0 Å². The molecule has 3 heterocycles. The van der Waals surface area contributed by atoms with E-state index in [-0.39, 0.29) is 17.9 Å². The summed E-state index contributed by atoms with van der Waals surface area (Å²) in [5.74, 6) is -0.0340. The Kier molecular flexibility index (Phi) is 4.36. The molecule has 6 heteroatoms. The molecule has 1 amide bonds. The molecule has 5 nitrogen and oxygen atoms in total. The molecule has 1 fully saturated rings. The van der Waals surface area contributed by atoms with Gasteiger partial charge in [-0.25, -0.2) is 0 Å². The van der Waals surface area contributed by atoms with Gasteiger partial charge in [0.05, 0.1) is 18.2 Å². The van der Waals surface area contributed by atoms with E-state index in [1.807, 2.05) is 13.2 Å². The topological polar surface area (TPSA) is 56.1 Å². The molecule has 1 aliphatic heterocycles. The summed E-state index contributed by atoms with van der Waals surface area (Å²) >= 11 is 1.68. The summed E-state index contributed by atoms with van der Waals surface area (Å²) in [5, 5.41) is 11.4. The normalized spacial score (nSPS) is 21.6. The summed E-state index contributed by atoms with van der Waals surface area (Å²) in [6, 6.07) is 2.09. The molecule has 112 valence electrons. The number of thiophene rings is 1. The van der Waals surface area contributed by atoms with Crippen molar-refractivity contribution in [1.29, 1.82) is 0 Å². The van der Waals surface area contributed by atoms with Gasteiger partial charge in [0.1, 0.15) is 0 Å². The van der Waals surface area contributed by atoms with Crippen molar-refractivity contribution in [1.82, 2.24) is 15.1 Å². The summed E-state index contributed by atoms with van der Waals surface area (Å²) in [4.78, 5) is 12.3. The first-order valence-electron chi connectivity index (χ1n) is 7.13. The van der Waals surface area contributed by atoms with Crippen molar-refractivity contribution in [3.05, 3.63) is 40.3 Å². The molecule has 1 aliphatic rings. The summed E-state index contributed by atoms with van der Waals surface area (Å²) in [6.07, 6.45) is 5.17. The molecule has 3 rings (SSSR count). The van der Waals surface area contributed by atoms with E-state index in [1.54, 1.807) is 22.2 Å². The summed E-state index contributed by atoms with van der Waals surface area (Å²) < 4.78 is 7.46. The zero-order valence-electron chi connectivity index (χ0n) is 12.0. The van der Waals surface area contributed by atoms with E-state index in [1.165, 1.54) is 5.56 Å². The molecule has 0 spiro atoms. The smallest absolute Gasteiger partial charge is 0.226 e. The number of rotatable bonds is 5. The first kappa shape index (κ1) is 14.3. The van der Waals surface area contributed by atoms with E-state index in [0.717, 1.165) is 18.4 Å². The average molecular weight is 305 g/mol. The lowest BCUT2D eigenvalue weighted by Gasteiger charge is -2.16. The predicted molar refractivity (Wildman–Crippen MR) is 81.0 cm³/mol. The quantitative estimate of drug-likeness (QED) is 0.918. The lowest BCUT2D eigenvalue weighted by atomic mass is 9.96. The minimum absolute atomic E-state index is 0.0802. The van der Waals surface area contributed by atoms with Gasteiger partial charge in [0, 0.05) is 32.0 Å². The van der Waals surface area contributed by atoms with E-state index in [2.05, 4.69) is 27.2 Å². The van der Waals surface area contributed by atoms with Crippen molar-refractivity contribution in [2.24, 2.45) is 13.0 Å². The van der Waals surface area contributed by atoms with Crippen LogP contribution in [-0.4, -0.2) is 28.8 Å². The summed E-state index contributed by atoms with van der Waals surface area (Å²) in [6.45, 7) is 1.30. The molecule has 2 atom stereocenters. The number of hydrogen-bond donors (Lipinski definition) is 1. The van der Waals surface area contributed by atoms with E-state index < -0.39 is 0 Å². The Bertz CT molecular complexity index is 594. The summed E-state index contributed by atoms with van der Waals surface area (Å²) in [5.41, 5.74) is 2.25. The van der Waals surface area contributed by atoms with Crippen LogP contribution in [0, 0.1) is 5.92 Å². The predicted octanol–water partition coefficient (Wildman–Crippen LogP) is 1.92. The standard InChI is InChI=1S/C15H19N3O2S/c1-18-9-12(8-17-18)14-13(3-6-20-14)15(19)16-5-2-11-4-7-21-10-11/h4,7-10,13-14H,2-3,5-6H2,1H3,(H,16,19)/t13-,14+/m0/s1. The van der Waals surface area contributed by atoms with Gasteiger partial charge in [-0.15, -0.1) is 0 Å². The van der Waals surface area contributed by atoms with Gasteiger partial charge in [0.25, 0.3) is 0 Å². The molecule has 0 radical (unpaired) electrons. The molecule has 2 aromatic rings. The van der Waals surface area contributed by atoms with Crippen molar-refractivity contribution in [3.8, 4) is 0 Å². The Morgan fingerprint density at radius 2 is 2.52 bits per heavy atom. The number of aromatic nitrogens is 2. The Labute approximate surface area is 127 Å². The molecule has 2 aromatic heterocycles. The molecule has 0 aromatic carbocycles. The highest BCUT2D eigenvalue weighted by Crippen LogP contribution is 2.34. The second-order valence-electron chi connectivity index (χ2n) is 5.31. The van der Waals surface area contributed by atoms with Gasteiger partial charge in [-0.3, -0.25) is 9.48 Å². The van der Waals surface area contributed by atoms with Gasteiger partial charge in [0.2, 0.25) is 5.91 Å². The molecule has 21 heavy (non-hydrogen) atoms. The number of aryl methyl sites for hydroxylation is 1. The number of nitrogens with zero attached hydrogens (tertiary/aromatic N) is 2. The minimum Gasteiger partial charge on any atom is -0.373 e. The Morgan fingerprint density at radius 3 is 3.24 bits per heavy atom. The van der Waals surface area contributed by atoms with Crippen LogP contribution in [0.15, 0.2) is 29.2 Å². The number of carbonyl (C=O) groups is 1. The van der Waals surface area contributed by atoms with Crippen molar-refractivity contribution < 1.29 is 9.53 Å². The Hall–Kier alpha value is -1.66. The van der Waals surface area contributed by atoms with E-state index in [4.69, 9.17) is 4.74 Å². The lowest BCUT2D eigenvalue weighted by Crippen LogP contribution is -2.33. The molecule has 1 saturated heterocycles. The zero-order valence-corrected chi connectivity index (χ0v) is 12.8. The third kappa shape index (κ3) is 3.33. The Balaban J connectivity index is 1.55. The first-order valence-corrected chi connectivity index (χ1v) is 8.07. The molecule has 0 aliphatic carbocycles. The molecular weight excluding hydrogens is 286 g/mol. The van der Waals surface area contributed by atoms with Crippen LogP contribution in [0.3, 0.4) is 0 Å². The van der Waals surface area contributed by atoms with Gasteiger partial charge >= 0.3 is 0 Å². The van der Waals surface area contributed by atoms with Crippen molar-refractivity contribution in [3.63, 3.8) is 0 Å². The Morgan fingerprint density at radius 1 is 1.62 bits per heavy atom. The SMILES string of the molecule is Cn1cc([C@H]2OCC[C@@H]2C(=O)NCCc2ccsc2)cn1. The lowest BCUT2D eigenvalue weighted by molar-refractivity contribution is -0.126. The van der Waals surface area contributed by atoms with Crippen LogP contribution >= 0.6 is 11.3 Å². The second-order valence-corrected chi connectivity index (χ2v) is 6.09. The van der Waals surface area contributed by atoms with E-state index in [0.29, 0.717) is 13.2 Å². The second kappa shape index (κ2) is 6.41. The molecule has 1 N–H and O–H groups in total. The number of hydrogen-bond acceptors (Lipinski definition) is 4. The van der Waals surface area contributed by atoms with Crippen molar-refractivity contribution >= 4 is 17.2 Å².